The van der Waals surface area contributed by atoms with E-state index >= 15 is 0 Å². The average Bonchev–Trinajstić information content (AvgIpc) is 2.66. The van der Waals surface area contributed by atoms with Gasteiger partial charge in [0.25, 0.3) is 5.91 Å². The Balaban J connectivity index is 1.48. The van der Waals surface area contributed by atoms with Gasteiger partial charge in [0.05, 0.1) is 5.56 Å². The summed E-state index contributed by atoms with van der Waals surface area (Å²) in [5.74, 6) is 0.128. The van der Waals surface area contributed by atoms with Crippen molar-refractivity contribution in [2.45, 2.75) is 12.8 Å². The van der Waals surface area contributed by atoms with E-state index in [1.54, 1.807) is 29.4 Å². The molecule has 0 bridgehead atoms. The molecule has 3 rings (SSSR count). The van der Waals surface area contributed by atoms with Crippen LogP contribution in [-0.4, -0.2) is 52.8 Å². The number of rotatable bonds is 4. The molecule has 2 amide bonds. The van der Waals surface area contributed by atoms with Gasteiger partial charge in [-0.05, 0) is 36.2 Å². The van der Waals surface area contributed by atoms with Gasteiger partial charge in [0.2, 0.25) is 5.91 Å². The number of carbonyl (C=O) groups is 2. The van der Waals surface area contributed by atoms with Crippen molar-refractivity contribution in [3.63, 3.8) is 0 Å². The molecule has 2 heterocycles. The van der Waals surface area contributed by atoms with Gasteiger partial charge < -0.3 is 9.80 Å². The monoisotopic (exact) mass is 401 g/mol. The molecular formula is C19H20BrN3O2. The summed E-state index contributed by atoms with van der Waals surface area (Å²) < 4.78 is 1.03. The molecule has 0 spiro atoms. The molecule has 2 aromatic rings. The van der Waals surface area contributed by atoms with E-state index in [1.165, 1.54) is 0 Å². The largest absolute Gasteiger partial charge is 0.339 e. The predicted octanol–water partition coefficient (Wildman–Crippen LogP) is 2.76. The molecule has 0 aliphatic carbocycles. The highest BCUT2D eigenvalue weighted by Crippen LogP contribution is 2.14. The Kier molecular flexibility index (Phi) is 5.81. The van der Waals surface area contributed by atoms with E-state index in [9.17, 15) is 9.59 Å². The summed E-state index contributed by atoms with van der Waals surface area (Å²) in [6.45, 7) is 2.30. The smallest absolute Gasteiger partial charge is 0.255 e. The maximum absolute atomic E-state index is 12.4. The van der Waals surface area contributed by atoms with Crippen LogP contribution in [0.3, 0.4) is 0 Å². The van der Waals surface area contributed by atoms with Crippen LogP contribution in [0.5, 0.6) is 0 Å². The van der Waals surface area contributed by atoms with Crippen molar-refractivity contribution in [1.82, 2.24) is 14.8 Å². The molecule has 0 N–H and O–H groups in total. The molecule has 0 saturated carbocycles. The first-order valence-electron chi connectivity index (χ1n) is 8.35. The van der Waals surface area contributed by atoms with Crippen LogP contribution in [0.15, 0.2) is 53.3 Å². The molecule has 130 valence electrons. The van der Waals surface area contributed by atoms with E-state index in [0.29, 0.717) is 38.2 Å². The van der Waals surface area contributed by atoms with Gasteiger partial charge in [0, 0.05) is 49.5 Å². The van der Waals surface area contributed by atoms with Gasteiger partial charge in [0.15, 0.2) is 0 Å². The lowest BCUT2D eigenvalue weighted by Crippen LogP contribution is -2.50. The third-order valence-electron chi connectivity index (χ3n) is 4.34. The van der Waals surface area contributed by atoms with Gasteiger partial charge in [-0.25, -0.2) is 0 Å². The highest BCUT2D eigenvalue weighted by molar-refractivity contribution is 9.10. The molecule has 1 aliphatic heterocycles. The summed E-state index contributed by atoms with van der Waals surface area (Å²) >= 11 is 3.45. The van der Waals surface area contributed by atoms with E-state index in [-0.39, 0.29) is 11.8 Å². The Morgan fingerprint density at radius 1 is 1.04 bits per heavy atom. The second-order valence-electron chi connectivity index (χ2n) is 6.04. The number of hydrogen-bond donors (Lipinski definition) is 0. The molecule has 0 unspecified atom stereocenters. The highest BCUT2D eigenvalue weighted by Gasteiger charge is 2.24. The Morgan fingerprint density at radius 3 is 2.48 bits per heavy atom. The molecule has 1 aliphatic rings. The third-order valence-corrected chi connectivity index (χ3v) is 4.84. The lowest BCUT2D eigenvalue weighted by atomic mass is 10.1. The third kappa shape index (κ3) is 4.66. The highest BCUT2D eigenvalue weighted by atomic mass is 79.9. The molecular weight excluding hydrogens is 382 g/mol. The summed E-state index contributed by atoms with van der Waals surface area (Å²) in [6.07, 6.45) is 4.45. The number of benzene rings is 1. The summed E-state index contributed by atoms with van der Waals surface area (Å²) in [5, 5.41) is 0. The Morgan fingerprint density at radius 2 is 1.80 bits per heavy atom. The van der Waals surface area contributed by atoms with E-state index in [4.69, 9.17) is 0 Å². The van der Waals surface area contributed by atoms with Crippen LogP contribution in [-0.2, 0) is 11.2 Å². The van der Waals surface area contributed by atoms with Crippen LogP contribution >= 0.6 is 15.9 Å². The summed E-state index contributed by atoms with van der Waals surface area (Å²) in [5.41, 5.74) is 1.74. The number of amides is 2. The van der Waals surface area contributed by atoms with Crippen LogP contribution < -0.4 is 0 Å². The predicted molar refractivity (Wildman–Crippen MR) is 99.2 cm³/mol. The lowest BCUT2D eigenvalue weighted by Gasteiger charge is -2.34. The van der Waals surface area contributed by atoms with E-state index in [1.807, 2.05) is 29.2 Å². The number of aryl methyl sites for hydroxylation is 1. The Bertz CT molecular complexity index is 743. The lowest BCUT2D eigenvalue weighted by molar-refractivity contribution is -0.132. The second kappa shape index (κ2) is 8.25. The first-order chi connectivity index (χ1) is 12.1. The number of halogens is 1. The SMILES string of the molecule is O=C(CCc1cccc(Br)c1)N1CCN(C(=O)c2cccnc2)CC1. The molecule has 1 aromatic carbocycles. The fourth-order valence-corrected chi connectivity index (χ4v) is 3.38. The topological polar surface area (TPSA) is 53.5 Å². The number of hydrogen-bond acceptors (Lipinski definition) is 3. The van der Waals surface area contributed by atoms with Crippen LogP contribution in [0.25, 0.3) is 0 Å². The van der Waals surface area contributed by atoms with Crippen molar-refractivity contribution in [2.24, 2.45) is 0 Å². The van der Waals surface area contributed by atoms with Crippen molar-refractivity contribution in [1.29, 1.82) is 0 Å². The van der Waals surface area contributed by atoms with Crippen LogP contribution in [0.2, 0.25) is 0 Å². The summed E-state index contributed by atoms with van der Waals surface area (Å²) in [4.78, 5) is 32.4. The van der Waals surface area contributed by atoms with Crippen molar-refractivity contribution >= 4 is 27.7 Å². The molecule has 0 atom stereocenters. The first-order valence-corrected chi connectivity index (χ1v) is 9.14. The second-order valence-corrected chi connectivity index (χ2v) is 6.96. The molecule has 0 radical (unpaired) electrons. The standard InChI is InChI=1S/C19H20BrN3O2/c20-17-5-1-3-15(13-17)6-7-18(24)22-9-11-23(12-10-22)19(25)16-4-2-8-21-14-16/h1-5,8,13-14H,6-7,9-12H2. The molecule has 1 fully saturated rings. The zero-order chi connectivity index (χ0) is 17.6. The molecule has 25 heavy (non-hydrogen) atoms. The number of carbonyl (C=O) groups excluding carboxylic acids is 2. The minimum Gasteiger partial charge on any atom is -0.339 e. The van der Waals surface area contributed by atoms with Gasteiger partial charge in [-0.1, -0.05) is 28.1 Å². The van der Waals surface area contributed by atoms with E-state index < -0.39 is 0 Å². The average molecular weight is 402 g/mol. The van der Waals surface area contributed by atoms with E-state index in [0.717, 1.165) is 16.5 Å². The van der Waals surface area contributed by atoms with Crippen molar-refractivity contribution in [2.75, 3.05) is 26.2 Å². The van der Waals surface area contributed by atoms with Crippen LogP contribution in [0.4, 0.5) is 0 Å². The number of piperazine rings is 1. The van der Waals surface area contributed by atoms with Crippen LogP contribution in [0, 0.1) is 0 Å². The van der Waals surface area contributed by atoms with Gasteiger partial charge in [-0.2, -0.15) is 0 Å². The zero-order valence-corrected chi connectivity index (χ0v) is 15.5. The Hall–Kier alpha value is -2.21. The van der Waals surface area contributed by atoms with Crippen molar-refractivity contribution in [3.8, 4) is 0 Å². The fourth-order valence-electron chi connectivity index (χ4n) is 2.93. The number of aromatic nitrogens is 1. The van der Waals surface area contributed by atoms with Crippen LogP contribution in [0.1, 0.15) is 22.3 Å². The first kappa shape index (κ1) is 17.6. The van der Waals surface area contributed by atoms with E-state index in [2.05, 4.69) is 20.9 Å². The van der Waals surface area contributed by atoms with Crippen molar-refractivity contribution < 1.29 is 9.59 Å². The molecule has 6 heteroatoms. The van der Waals surface area contributed by atoms with Gasteiger partial charge in [0.1, 0.15) is 0 Å². The number of pyridine rings is 1. The fraction of sp³-hybridized carbons (Fsp3) is 0.316. The van der Waals surface area contributed by atoms with Gasteiger partial charge in [-0.15, -0.1) is 0 Å². The van der Waals surface area contributed by atoms with Gasteiger partial charge in [-0.3, -0.25) is 14.6 Å². The summed E-state index contributed by atoms with van der Waals surface area (Å²) in [7, 11) is 0. The normalized spacial score (nSPS) is 14.4. The minimum absolute atomic E-state index is 0.0191. The minimum atomic E-state index is -0.0191. The Labute approximate surface area is 155 Å². The molecule has 1 aromatic heterocycles. The maximum atomic E-state index is 12.4. The quantitative estimate of drug-likeness (QED) is 0.791. The molecule has 1 saturated heterocycles. The molecule has 5 nitrogen and oxygen atoms in total. The number of nitrogens with zero attached hydrogens (tertiary/aromatic N) is 3. The zero-order valence-electron chi connectivity index (χ0n) is 13.9. The van der Waals surface area contributed by atoms with Gasteiger partial charge >= 0.3 is 0 Å². The summed E-state index contributed by atoms with van der Waals surface area (Å²) in [6, 6.07) is 11.6. The maximum Gasteiger partial charge on any atom is 0.255 e. The van der Waals surface area contributed by atoms with Crippen molar-refractivity contribution in [3.05, 3.63) is 64.4 Å².